The predicted molar refractivity (Wildman–Crippen MR) is 94.5 cm³/mol. The van der Waals surface area contributed by atoms with E-state index in [1.807, 2.05) is 0 Å². The molecule has 0 unspecified atom stereocenters. The van der Waals surface area contributed by atoms with Crippen LogP contribution in [-0.2, 0) is 11.0 Å². The van der Waals surface area contributed by atoms with Crippen LogP contribution in [0.1, 0.15) is 31.2 Å². The van der Waals surface area contributed by atoms with Crippen LogP contribution in [-0.4, -0.2) is 18.3 Å². The summed E-state index contributed by atoms with van der Waals surface area (Å²) in [5.74, 6) is 0.0988. The normalized spacial score (nSPS) is 17.0. The SMILES string of the molecule is O=C(COc1cccc(C(F)(F)F)c1)Nc1ccc2c(c1)OC1(CCCC1)O2. The van der Waals surface area contributed by atoms with Crippen molar-refractivity contribution < 1.29 is 32.2 Å². The molecule has 1 amide bonds. The number of amides is 1. The number of benzene rings is 2. The highest BCUT2D eigenvalue weighted by molar-refractivity contribution is 5.92. The third-order valence-electron chi connectivity index (χ3n) is 4.72. The van der Waals surface area contributed by atoms with E-state index in [0.29, 0.717) is 17.2 Å². The van der Waals surface area contributed by atoms with Crippen LogP contribution in [0.5, 0.6) is 17.2 Å². The number of carbonyl (C=O) groups is 1. The Morgan fingerprint density at radius 3 is 2.57 bits per heavy atom. The number of rotatable bonds is 4. The van der Waals surface area contributed by atoms with Gasteiger partial charge >= 0.3 is 6.18 Å². The number of carbonyl (C=O) groups excluding carboxylic acids is 1. The molecule has 0 radical (unpaired) electrons. The van der Waals surface area contributed by atoms with Crippen molar-refractivity contribution >= 4 is 11.6 Å². The van der Waals surface area contributed by atoms with Crippen molar-refractivity contribution in [3.8, 4) is 17.2 Å². The summed E-state index contributed by atoms with van der Waals surface area (Å²) in [6, 6.07) is 9.47. The Bertz CT molecular complexity index is 891. The quantitative estimate of drug-likeness (QED) is 0.814. The monoisotopic (exact) mass is 393 g/mol. The third-order valence-corrected chi connectivity index (χ3v) is 4.72. The third kappa shape index (κ3) is 3.85. The van der Waals surface area contributed by atoms with Gasteiger partial charge in [0.05, 0.1) is 5.56 Å². The zero-order valence-corrected chi connectivity index (χ0v) is 14.8. The molecule has 28 heavy (non-hydrogen) atoms. The maximum absolute atomic E-state index is 12.7. The first-order valence-corrected chi connectivity index (χ1v) is 8.95. The molecule has 0 aromatic heterocycles. The second-order valence-electron chi connectivity index (χ2n) is 6.85. The molecule has 0 atom stereocenters. The standard InChI is InChI=1S/C20H18F3NO4/c21-20(22,23)13-4-3-5-15(10-13)26-12-18(25)24-14-6-7-16-17(11-14)28-19(27-16)8-1-2-9-19/h3-7,10-11H,1-2,8-9,12H2,(H,24,25). The first-order chi connectivity index (χ1) is 13.3. The lowest BCUT2D eigenvalue weighted by Gasteiger charge is -2.21. The maximum atomic E-state index is 12.7. The van der Waals surface area contributed by atoms with Crippen LogP contribution in [0.4, 0.5) is 18.9 Å². The van der Waals surface area contributed by atoms with E-state index in [1.165, 1.54) is 12.1 Å². The van der Waals surface area contributed by atoms with Crippen molar-refractivity contribution in [3.63, 3.8) is 0 Å². The molecule has 1 heterocycles. The second kappa shape index (κ2) is 6.92. The summed E-state index contributed by atoms with van der Waals surface area (Å²) in [5.41, 5.74) is -0.336. The molecule has 2 aliphatic rings. The lowest BCUT2D eigenvalue weighted by molar-refractivity contribution is -0.137. The molecule has 1 N–H and O–H groups in total. The molecule has 0 bridgehead atoms. The van der Waals surface area contributed by atoms with Gasteiger partial charge in [0.1, 0.15) is 5.75 Å². The maximum Gasteiger partial charge on any atom is 0.416 e. The van der Waals surface area contributed by atoms with Gasteiger partial charge in [-0.3, -0.25) is 4.79 Å². The van der Waals surface area contributed by atoms with Gasteiger partial charge < -0.3 is 19.5 Å². The number of ether oxygens (including phenoxy) is 3. The number of hydrogen-bond acceptors (Lipinski definition) is 4. The van der Waals surface area contributed by atoms with Crippen molar-refractivity contribution in [2.45, 2.75) is 37.6 Å². The minimum atomic E-state index is -4.47. The summed E-state index contributed by atoms with van der Waals surface area (Å²) >= 11 is 0. The van der Waals surface area contributed by atoms with Gasteiger partial charge in [0.15, 0.2) is 18.1 Å². The zero-order valence-electron chi connectivity index (χ0n) is 14.8. The average Bonchev–Trinajstić information content (AvgIpc) is 3.25. The van der Waals surface area contributed by atoms with Gasteiger partial charge in [0.2, 0.25) is 0 Å². The molecule has 1 saturated carbocycles. The highest BCUT2D eigenvalue weighted by atomic mass is 19.4. The van der Waals surface area contributed by atoms with Gasteiger partial charge in [-0.25, -0.2) is 0 Å². The molecular weight excluding hydrogens is 375 g/mol. The molecule has 1 spiro atoms. The molecule has 4 rings (SSSR count). The molecule has 1 aliphatic heterocycles. The van der Waals surface area contributed by atoms with Crippen LogP contribution in [0.3, 0.4) is 0 Å². The Labute approximate surface area is 159 Å². The summed E-state index contributed by atoms with van der Waals surface area (Å²) in [7, 11) is 0. The minimum absolute atomic E-state index is 0.0289. The lowest BCUT2D eigenvalue weighted by atomic mass is 10.2. The summed E-state index contributed by atoms with van der Waals surface area (Å²) in [6.07, 6.45) is -0.720. The van der Waals surface area contributed by atoms with E-state index >= 15 is 0 Å². The highest BCUT2D eigenvalue weighted by Crippen LogP contribution is 2.47. The van der Waals surface area contributed by atoms with E-state index in [9.17, 15) is 18.0 Å². The minimum Gasteiger partial charge on any atom is -0.484 e. The highest BCUT2D eigenvalue weighted by Gasteiger charge is 2.44. The second-order valence-corrected chi connectivity index (χ2v) is 6.85. The summed E-state index contributed by atoms with van der Waals surface area (Å²) in [6.45, 7) is -0.417. The molecule has 1 fully saturated rings. The number of alkyl halides is 3. The van der Waals surface area contributed by atoms with Crippen molar-refractivity contribution in [2.75, 3.05) is 11.9 Å². The van der Waals surface area contributed by atoms with E-state index in [-0.39, 0.29) is 5.75 Å². The molecule has 2 aromatic rings. The Balaban J connectivity index is 1.35. The van der Waals surface area contributed by atoms with Gasteiger partial charge in [-0.2, -0.15) is 13.2 Å². The van der Waals surface area contributed by atoms with Gasteiger partial charge in [-0.1, -0.05) is 6.07 Å². The van der Waals surface area contributed by atoms with E-state index in [0.717, 1.165) is 37.8 Å². The van der Waals surface area contributed by atoms with Crippen molar-refractivity contribution in [1.82, 2.24) is 0 Å². The number of anilines is 1. The van der Waals surface area contributed by atoms with E-state index in [1.54, 1.807) is 18.2 Å². The Hall–Kier alpha value is -2.90. The van der Waals surface area contributed by atoms with Crippen molar-refractivity contribution in [2.24, 2.45) is 0 Å². The predicted octanol–water partition coefficient (Wildman–Crippen LogP) is 4.76. The molecule has 2 aromatic carbocycles. The fraction of sp³-hybridized carbons (Fsp3) is 0.350. The van der Waals surface area contributed by atoms with Gasteiger partial charge in [-0.15, -0.1) is 0 Å². The number of halogens is 3. The topological polar surface area (TPSA) is 56.8 Å². The van der Waals surface area contributed by atoms with Crippen LogP contribution < -0.4 is 19.5 Å². The Morgan fingerprint density at radius 2 is 1.82 bits per heavy atom. The summed E-state index contributed by atoms with van der Waals surface area (Å²) in [5, 5.41) is 2.64. The summed E-state index contributed by atoms with van der Waals surface area (Å²) < 4.78 is 55.2. The van der Waals surface area contributed by atoms with E-state index in [4.69, 9.17) is 14.2 Å². The molecular formula is C20H18F3NO4. The number of hydrogen-bond donors (Lipinski definition) is 1. The molecule has 8 heteroatoms. The smallest absolute Gasteiger partial charge is 0.416 e. The van der Waals surface area contributed by atoms with Crippen LogP contribution >= 0.6 is 0 Å². The first-order valence-electron chi connectivity index (χ1n) is 8.95. The largest absolute Gasteiger partial charge is 0.484 e. The van der Waals surface area contributed by atoms with Gasteiger partial charge in [-0.05, 0) is 43.2 Å². The van der Waals surface area contributed by atoms with Crippen LogP contribution in [0.2, 0.25) is 0 Å². The molecule has 0 saturated heterocycles. The fourth-order valence-electron chi connectivity index (χ4n) is 3.40. The lowest BCUT2D eigenvalue weighted by Crippen LogP contribution is -2.34. The van der Waals surface area contributed by atoms with Crippen LogP contribution in [0, 0.1) is 0 Å². The van der Waals surface area contributed by atoms with E-state index in [2.05, 4.69) is 5.32 Å². The number of fused-ring (bicyclic) bond motifs is 1. The van der Waals surface area contributed by atoms with Crippen LogP contribution in [0.15, 0.2) is 42.5 Å². The number of nitrogens with one attached hydrogen (secondary N) is 1. The van der Waals surface area contributed by atoms with E-state index < -0.39 is 30.0 Å². The fourth-order valence-corrected chi connectivity index (χ4v) is 3.40. The van der Waals surface area contributed by atoms with Crippen molar-refractivity contribution in [1.29, 1.82) is 0 Å². The van der Waals surface area contributed by atoms with Gasteiger partial charge in [0, 0.05) is 24.6 Å². The average molecular weight is 393 g/mol. The first kappa shape index (κ1) is 18.5. The van der Waals surface area contributed by atoms with Crippen LogP contribution in [0.25, 0.3) is 0 Å². The van der Waals surface area contributed by atoms with Gasteiger partial charge in [0.25, 0.3) is 11.7 Å². The Kier molecular flexibility index (Phi) is 4.56. The molecule has 5 nitrogen and oxygen atoms in total. The molecule has 148 valence electrons. The van der Waals surface area contributed by atoms with Crippen molar-refractivity contribution in [3.05, 3.63) is 48.0 Å². The zero-order chi connectivity index (χ0) is 19.8. The molecule has 1 aliphatic carbocycles. The Morgan fingerprint density at radius 1 is 1.07 bits per heavy atom. The summed E-state index contributed by atoms with van der Waals surface area (Å²) in [4.78, 5) is 12.1.